The van der Waals surface area contributed by atoms with E-state index in [1.54, 1.807) is 0 Å². The number of halogens is 1. The van der Waals surface area contributed by atoms with E-state index in [0.717, 1.165) is 12.1 Å². The fourth-order valence-electron chi connectivity index (χ4n) is 1.15. The summed E-state index contributed by atoms with van der Waals surface area (Å²) < 4.78 is 60.0. The van der Waals surface area contributed by atoms with Gasteiger partial charge in [0.05, 0.1) is 9.79 Å². The van der Waals surface area contributed by atoms with Crippen LogP contribution in [0.4, 0.5) is 3.89 Å². The third-order valence-electron chi connectivity index (χ3n) is 2.08. The molecule has 0 aliphatic rings. The van der Waals surface area contributed by atoms with Gasteiger partial charge in [0, 0.05) is 6.54 Å². The standard InChI is InChI=1S/C10H14FNO4S2/c1-8(2)7-12-18(15,16)10-5-3-4-9(6-10)17(11,13)14/h3-6,8,12H,7H2,1-2H3. The van der Waals surface area contributed by atoms with Crippen LogP contribution >= 0.6 is 0 Å². The smallest absolute Gasteiger partial charge is 0.211 e. The highest BCUT2D eigenvalue weighted by Gasteiger charge is 2.18. The van der Waals surface area contributed by atoms with Gasteiger partial charge in [-0.3, -0.25) is 0 Å². The molecule has 1 aromatic carbocycles. The van der Waals surface area contributed by atoms with Crippen LogP contribution in [0, 0.1) is 5.92 Å². The van der Waals surface area contributed by atoms with Crippen LogP contribution in [0.3, 0.4) is 0 Å². The van der Waals surface area contributed by atoms with E-state index in [1.807, 2.05) is 13.8 Å². The predicted octanol–water partition coefficient (Wildman–Crippen LogP) is 1.28. The molecular formula is C10H14FNO4S2. The third kappa shape index (κ3) is 4.04. The molecule has 1 N–H and O–H groups in total. The van der Waals surface area contributed by atoms with Crippen LogP contribution in [-0.2, 0) is 20.2 Å². The van der Waals surface area contributed by atoms with Crippen molar-refractivity contribution in [3.63, 3.8) is 0 Å². The van der Waals surface area contributed by atoms with Gasteiger partial charge >= 0.3 is 10.2 Å². The molecule has 1 rings (SSSR count). The monoisotopic (exact) mass is 295 g/mol. The normalized spacial score (nSPS) is 12.9. The minimum Gasteiger partial charge on any atom is -0.211 e. The second kappa shape index (κ2) is 5.33. The lowest BCUT2D eigenvalue weighted by atomic mass is 10.2. The molecule has 0 unspecified atom stereocenters. The molecule has 0 spiro atoms. The quantitative estimate of drug-likeness (QED) is 0.830. The molecule has 1 aromatic rings. The van der Waals surface area contributed by atoms with E-state index in [4.69, 9.17) is 0 Å². The Hall–Kier alpha value is -0.990. The van der Waals surface area contributed by atoms with Gasteiger partial charge in [-0.15, -0.1) is 3.89 Å². The number of hydrogen-bond acceptors (Lipinski definition) is 4. The van der Waals surface area contributed by atoms with Crippen LogP contribution in [0.2, 0.25) is 0 Å². The zero-order valence-electron chi connectivity index (χ0n) is 9.92. The largest absolute Gasteiger partial charge is 0.332 e. The Kier molecular flexibility index (Phi) is 4.46. The maximum absolute atomic E-state index is 12.8. The summed E-state index contributed by atoms with van der Waals surface area (Å²) in [6.45, 7) is 3.87. The molecule has 0 aliphatic heterocycles. The molecule has 5 nitrogen and oxygen atoms in total. The van der Waals surface area contributed by atoms with E-state index in [2.05, 4.69) is 4.72 Å². The van der Waals surface area contributed by atoms with Crippen molar-refractivity contribution in [2.75, 3.05) is 6.54 Å². The Morgan fingerprint density at radius 3 is 2.22 bits per heavy atom. The van der Waals surface area contributed by atoms with E-state index >= 15 is 0 Å². The molecule has 0 aromatic heterocycles. The van der Waals surface area contributed by atoms with Crippen LogP contribution in [0.15, 0.2) is 34.1 Å². The Balaban J connectivity index is 3.11. The number of rotatable bonds is 5. The number of hydrogen-bond donors (Lipinski definition) is 1. The summed E-state index contributed by atoms with van der Waals surface area (Å²) in [5.41, 5.74) is 0. The SMILES string of the molecule is CC(C)CNS(=O)(=O)c1cccc(S(=O)(=O)F)c1. The fraction of sp³-hybridized carbons (Fsp3) is 0.400. The van der Waals surface area contributed by atoms with Crippen molar-refractivity contribution in [1.29, 1.82) is 0 Å². The van der Waals surface area contributed by atoms with Gasteiger partial charge in [-0.1, -0.05) is 19.9 Å². The second-order valence-corrected chi connectivity index (χ2v) is 7.27. The summed E-state index contributed by atoms with van der Waals surface area (Å²) in [4.78, 5) is -0.947. The second-order valence-electron chi connectivity index (χ2n) is 4.16. The summed E-state index contributed by atoms with van der Waals surface area (Å²) in [6.07, 6.45) is 0. The van der Waals surface area contributed by atoms with Crippen molar-refractivity contribution in [2.45, 2.75) is 23.6 Å². The lowest BCUT2D eigenvalue weighted by molar-refractivity contribution is 0.551. The number of benzene rings is 1. The highest BCUT2D eigenvalue weighted by atomic mass is 32.3. The first-order valence-electron chi connectivity index (χ1n) is 5.17. The predicted molar refractivity (Wildman–Crippen MR) is 64.8 cm³/mol. The van der Waals surface area contributed by atoms with Crippen molar-refractivity contribution < 1.29 is 20.7 Å². The van der Waals surface area contributed by atoms with Gasteiger partial charge in [-0.05, 0) is 24.1 Å². The van der Waals surface area contributed by atoms with E-state index < -0.39 is 25.1 Å². The average Bonchev–Trinajstić information content (AvgIpc) is 2.26. The van der Waals surface area contributed by atoms with Crippen molar-refractivity contribution >= 4 is 20.2 Å². The zero-order valence-corrected chi connectivity index (χ0v) is 11.6. The molecule has 0 atom stereocenters. The first kappa shape index (κ1) is 15.1. The number of nitrogens with one attached hydrogen (secondary N) is 1. The lowest BCUT2D eigenvalue weighted by Crippen LogP contribution is -2.27. The average molecular weight is 295 g/mol. The Morgan fingerprint density at radius 1 is 1.17 bits per heavy atom. The van der Waals surface area contributed by atoms with Crippen LogP contribution in [0.25, 0.3) is 0 Å². The van der Waals surface area contributed by atoms with Gasteiger partial charge in [0.25, 0.3) is 0 Å². The maximum Gasteiger partial charge on any atom is 0.332 e. The molecule has 0 radical (unpaired) electrons. The Morgan fingerprint density at radius 2 is 1.72 bits per heavy atom. The molecule has 18 heavy (non-hydrogen) atoms. The fourth-order valence-corrected chi connectivity index (χ4v) is 3.00. The van der Waals surface area contributed by atoms with Gasteiger partial charge in [0.1, 0.15) is 0 Å². The Bertz CT molecular complexity index is 623. The van der Waals surface area contributed by atoms with Crippen LogP contribution in [0.1, 0.15) is 13.8 Å². The van der Waals surface area contributed by atoms with E-state index in [1.165, 1.54) is 12.1 Å². The molecule has 8 heteroatoms. The van der Waals surface area contributed by atoms with E-state index in [9.17, 15) is 20.7 Å². The van der Waals surface area contributed by atoms with Crippen molar-refractivity contribution in [2.24, 2.45) is 5.92 Å². The molecule has 0 fully saturated rings. The number of sulfonamides is 1. The van der Waals surface area contributed by atoms with Crippen LogP contribution in [0.5, 0.6) is 0 Å². The third-order valence-corrected chi connectivity index (χ3v) is 4.32. The maximum atomic E-state index is 12.8. The van der Waals surface area contributed by atoms with Gasteiger partial charge in [-0.25, -0.2) is 13.1 Å². The zero-order chi connectivity index (χ0) is 14.0. The topological polar surface area (TPSA) is 80.3 Å². The summed E-state index contributed by atoms with van der Waals surface area (Å²) in [6, 6.07) is 4.17. The summed E-state index contributed by atoms with van der Waals surface area (Å²) in [7, 11) is -8.73. The van der Waals surface area contributed by atoms with Gasteiger partial charge in [-0.2, -0.15) is 8.42 Å². The first-order valence-corrected chi connectivity index (χ1v) is 8.04. The van der Waals surface area contributed by atoms with E-state index in [0.29, 0.717) is 0 Å². The molecule has 0 saturated heterocycles. The highest BCUT2D eigenvalue weighted by Crippen LogP contribution is 2.17. The van der Waals surface area contributed by atoms with E-state index in [-0.39, 0.29) is 17.4 Å². The van der Waals surface area contributed by atoms with Crippen molar-refractivity contribution in [3.8, 4) is 0 Å². The van der Waals surface area contributed by atoms with Crippen LogP contribution in [-0.4, -0.2) is 23.4 Å². The summed E-state index contributed by atoms with van der Waals surface area (Å²) >= 11 is 0. The molecule has 102 valence electrons. The van der Waals surface area contributed by atoms with Crippen molar-refractivity contribution in [3.05, 3.63) is 24.3 Å². The van der Waals surface area contributed by atoms with Crippen LogP contribution < -0.4 is 4.72 Å². The van der Waals surface area contributed by atoms with Gasteiger partial charge < -0.3 is 0 Å². The minimum atomic E-state index is -4.91. The van der Waals surface area contributed by atoms with Gasteiger partial charge in [0.2, 0.25) is 10.0 Å². The van der Waals surface area contributed by atoms with Crippen molar-refractivity contribution in [1.82, 2.24) is 4.72 Å². The Labute approximate surface area is 106 Å². The first-order chi connectivity index (χ1) is 8.13. The summed E-state index contributed by atoms with van der Waals surface area (Å²) in [5.74, 6) is 0.105. The lowest BCUT2D eigenvalue weighted by Gasteiger charge is -2.09. The molecule has 0 saturated carbocycles. The molecule has 0 amide bonds. The summed E-state index contributed by atoms with van der Waals surface area (Å²) in [5, 5.41) is 0. The minimum absolute atomic E-state index is 0.105. The van der Waals surface area contributed by atoms with Gasteiger partial charge in [0.15, 0.2) is 0 Å². The molecule has 0 bridgehead atoms. The highest BCUT2D eigenvalue weighted by molar-refractivity contribution is 7.89. The molecule has 0 heterocycles. The molecule has 0 aliphatic carbocycles. The molecular weight excluding hydrogens is 281 g/mol.